The predicted molar refractivity (Wildman–Crippen MR) is 30.6 cm³/mol. The predicted octanol–water partition coefficient (Wildman–Crippen LogP) is 0.611. The van der Waals surface area contributed by atoms with Gasteiger partial charge in [-0.2, -0.15) is 0 Å². The number of ether oxygens (including phenoxy) is 1. The van der Waals surface area contributed by atoms with Crippen molar-refractivity contribution in [1.82, 2.24) is 0 Å². The van der Waals surface area contributed by atoms with Crippen molar-refractivity contribution in [1.29, 1.82) is 0 Å². The minimum absolute atomic E-state index is 0.377. The second-order valence-electron chi connectivity index (χ2n) is 2.13. The van der Waals surface area contributed by atoms with Crippen LogP contribution >= 0.6 is 0 Å². The van der Waals surface area contributed by atoms with E-state index >= 15 is 0 Å². The molecule has 1 aliphatic carbocycles. The Bertz CT molecular complexity index is 176. The van der Waals surface area contributed by atoms with Gasteiger partial charge in [0.2, 0.25) is 0 Å². The zero-order chi connectivity index (χ0) is 6.91. The molecule has 0 radical (unpaired) electrons. The molecule has 1 aliphatic rings. The van der Waals surface area contributed by atoms with E-state index in [4.69, 9.17) is 6.57 Å². The van der Waals surface area contributed by atoms with Crippen molar-refractivity contribution in [3.63, 3.8) is 0 Å². The van der Waals surface area contributed by atoms with E-state index in [2.05, 4.69) is 9.58 Å². The average Bonchev–Trinajstić information content (AvgIpc) is 2.66. The molecular formula is C6H7NO2. The lowest BCUT2D eigenvalue weighted by Crippen LogP contribution is -2.19. The van der Waals surface area contributed by atoms with Gasteiger partial charge in [-0.15, -0.1) is 0 Å². The summed E-state index contributed by atoms with van der Waals surface area (Å²) < 4.78 is 4.42. The molecule has 0 amide bonds. The van der Waals surface area contributed by atoms with Crippen LogP contribution in [0.3, 0.4) is 0 Å². The van der Waals surface area contributed by atoms with E-state index in [0.29, 0.717) is 12.8 Å². The molecule has 0 aliphatic heterocycles. The van der Waals surface area contributed by atoms with Gasteiger partial charge in [-0.05, 0) is 0 Å². The van der Waals surface area contributed by atoms with Crippen LogP contribution in [0.1, 0.15) is 12.8 Å². The number of carbonyl (C=O) groups excluding carboxylic acids is 1. The molecule has 0 unspecified atom stereocenters. The van der Waals surface area contributed by atoms with Crippen molar-refractivity contribution in [2.75, 3.05) is 7.11 Å². The van der Waals surface area contributed by atoms with Crippen LogP contribution in [0.2, 0.25) is 0 Å². The Morgan fingerprint density at radius 2 is 2.33 bits per heavy atom. The molecule has 0 saturated heterocycles. The fourth-order valence-corrected chi connectivity index (χ4v) is 0.670. The first-order chi connectivity index (χ1) is 4.25. The number of carbonyl (C=O) groups is 1. The summed E-state index contributed by atoms with van der Waals surface area (Å²) in [6, 6.07) is 0. The fraction of sp³-hybridized carbons (Fsp3) is 0.667. The van der Waals surface area contributed by atoms with Gasteiger partial charge < -0.3 is 4.74 Å². The molecule has 0 aromatic carbocycles. The van der Waals surface area contributed by atoms with Crippen LogP contribution in [0.4, 0.5) is 0 Å². The molecule has 0 spiro atoms. The molecule has 48 valence electrons. The molecule has 0 heterocycles. The second kappa shape index (κ2) is 1.73. The van der Waals surface area contributed by atoms with E-state index < -0.39 is 5.54 Å². The number of nitrogens with zero attached hydrogens (tertiary/aromatic N) is 1. The Morgan fingerprint density at radius 1 is 1.78 bits per heavy atom. The van der Waals surface area contributed by atoms with Crippen molar-refractivity contribution in [2.24, 2.45) is 0 Å². The Labute approximate surface area is 53.4 Å². The summed E-state index contributed by atoms with van der Waals surface area (Å²) >= 11 is 0. The highest BCUT2D eigenvalue weighted by atomic mass is 16.5. The maximum atomic E-state index is 10.7. The minimum atomic E-state index is -0.769. The SMILES string of the molecule is [C-]#[N+]C1(C(=O)OC)CC1. The van der Waals surface area contributed by atoms with Crippen LogP contribution in [0, 0.1) is 6.57 Å². The van der Waals surface area contributed by atoms with Crippen LogP contribution in [-0.2, 0) is 9.53 Å². The summed E-state index contributed by atoms with van der Waals surface area (Å²) in [5, 5.41) is 0. The molecule has 0 atom stereocenters. The molecule has 3 nitrogen and oxygen atoms in total. The van der Waals surface area contributed by atoms with Crippen molar-refractivity contribution < 1.29 is 9.53 Å². The number of rotatable bonds is 1. The van der Waals surface area contributed by atoms with Gasteiger partial charge in [-0.3, -0.25) is 4.85 Å². The van der Waals surface area contributed by atoms with Crippen LogP contribution in [0.25, 0.3) is 4.85 Å². The zero-order valence-corrected chi connectivity index (χ0v) is 5.18. The van der Waals surface area contributed by atoms with E-state index in [0.717, 1.165) is 0 Å². The van der Waals surface area contributed by atoms with E-state index in [1.54, 1.807) is 0 Å². The van der Waals surface area contributed by atoms with Gasteiger partial charge in [-0.25, -0.2) is 11.4 Å². The lowest BCUT2D eigenvalue weighted by Gasteiger charge is -1.96. The first-order valence-electron chi connectivity index (χ1n) is 2.72. The maximum absolute atomic E-state index is 10.7. The van der Waals surface area contributed by atoms with Gasteiger partial charge in [0, 0.05) is 12.8 Å². The van der Waals surface area contributed by atoms with Crippen LogP contribution < -0.4 is 0 Å². The summed E-state index contributed by atoms with van der Waals surface area (Å²) in [5.41, 5.74) is -0.769. The lowest BCUT2D eigenvalue weighted by molar-refractivity contribution is -0.142. The molecule has 0 aromatic rings. The largest absolute Gasteiger partial charge is 0.463 e. The van der Waals surface area contributed by atoms with Gasteiger partial charge in [0.1, 0.15) is 0 Å². The van der Waals surface area contributed by atoms with Gasteiger partial charge in [0.15, 0.2) is 0 Å². The van der Waals surface area contributed by atoms with Crippen molar-refractivity contribution in [2.45, 2.75) is 18.4 Å². The van der Waals surface area contributed by atoms with Gasteiger partial charge in [0.05, 0.1) is 7.11 Å². The molecule has 0 N–H and O–H groups in total. The highest BCUT2D eigenvalue weighted by molar-refractivity contribution is 5.86. The highest BCUT2D eigenvalue weighted by Gasteiger charge is 2.59. The Kier molecular flexibility index (Phi) is 1.17. The molecular weight excluding hydrogens is 118 g/mol. The molecule has 0 bridgehead atoms. The molecule has 1 saturated carbocycles. The topological polar surface area (TPSA) is 30.7 Å². The Hall–Kier alpha value is -1.04. The highest BCUT2D eigenvalue weighted by Crippen LogP contribution is 2.40. The molecule has 1 rings (SSSR count). The number of esters is 1. The van der Waals surface area contributed by atoms with E-state index in [1.807, 2.05) is 0 Å². The third kappa shape index (κ3) is 0.765. The summed E-state index contributed by atoms with van der Waals surface area (Å²) in [6.45, 7) is 6.63. The van der Waals surface area contributed by atoms with Crippen LogP contribution in [0.5, 0.6) is 0 Å². The number of hydrogen-bond acceptors (Lipinski definition) is 2. The third-order valence-corrected chi connectivity index (χ3v) is 1.50. The van der Waals surface area contributed by atoms with E-state index in [9.17, 15) is 4.79 Å². The quantitative estimate of drug-likeness (QED) is 0.379. The number of methoxy groups -OCH3 is 1. The van der Waals surface area contributed by atoms with Gasteiger partial charge in [-0.1, -0.05) is 0 Å². The average molecular weight is 125 g/mol. The summed E-state index contributed by atoms with van der Waals surface area (Å²) in [7, 11) is 1.31. The molecule has 0 aromatic heterocycles. The minimum Gasteiger partial charge on any atom is -0.463 e. The standard InChI is InChI=1S/C6H7NO2/c1-7-6(3-4-6)5(8)9-2/h3-4H2,2H3. The zero-order valence-electron chi connectivity index (χ0n) is 5.18. The Morgan fingerprint density at radius 3 is 2.44 bits per heavy atom. The second-order valence-corrected chi connectivity index (χ2v) is 2.13. The normalized spacial score (nSPS) is 20.0. The van der Waals surface area contributed by atoms with E-state index in [-0.39, 0.29) is 5.97 Å². The lowest BCUT2D eigenvalue weighted by atomic mass is 10.3. The third-order valence-electron chi connectivity index (χ3n) is 1.50. The first kappa shape index (κ1) is 6.09. The molecule has 1 fully saturated rings. The Balaban J connectivity index is 2.63. The fourth-order valence-electron chi connectivity index (χ4n) is 0.670. The summed E-state index contributed by atoms with van der Waals surface area (Å²) in [5.74, 6) is -0.377. The molecule has 3 heteroatoms. The van der Waals surface area contributed by atoms with Gasteiger partial charge in [0.25, 0.3) is 0 Å². The molecule has 9 heavy (non-hydrogen) atoms. The van der Waals surface area contributed by atoms with Gasteiger partial charge >= 0.3 is 11.5 Å². The maximum Gasteiger partial charge on any atom is 0.393 e. The van der Waals surface area contributed by atoms with Crippen molar-refractivity contribution >= 4 is 5.97 Å². The monoisotopic (exact) mass is 125 g/mol. The summed E-state index contributed by atoms with van der Waals surface area (Å²) in [4.78, 5) is 13.9. The smallest absolute Gasteiger partial charge is 0.393 e. The first-order valence-corrected chi connectivity index (χ1v) is 2.72. The summed E-state index contributed by atoms with van der Waals surface area (Å²) in [6.07, 6.45) is 1.34. The number of hydrogen-bond donors (Lipinski definition) is 0. The van der Waals surface area contributed by atoms with Crippen LogP contribution in [-0.4, -0.2) is 18.6 Å². The van der Waals surface area contributed by atoms with Crippen LogP contribution in [0.15, 0.2) is 0 Å². The van der Waals surface area contributed by atoms with Crippen molar-refractivity contribution in [3.05, 3.63) is 11.4 Å². The van der Waals surface area contributed by atoms with E-state index in [1.165, 1.54) is 7.11 Å². The van der Waals surface area contributed by atoms with Crippen molar-refractivity contribution in [3.8, 4) is 0 Å².